The molecule has 5 nitrogen and oxygen atoms in total. The van der Waals surface area contributed by atoms with Gasteiger partial charge in [-0.1, -0.05) is 11.6 Å². The van der Waals surface area contributed by atoms with Crippen LogP contribution >= 0.6 is 22.9 Å². The lowest BCUT2D eigenvalue weighted by Gasteiger charge is -2.19. The molecule has 2 aliphatic rings. The standard InChI is InChI=1S/C16H12ClNO4S/c1-7-9(5-12(19)20)13-11(18-7)4-10(16(22)14(13)17)15(21)8-2-3-23-6-8/h2-3,6,22H,4-5H2,1H3,(H,19,20). The van der Waals surface area contributed by atoms with Gasteiger partial charge in [0, 0.05) is 34.2 Å². The minimum Gasteiger partial charge on any atom is -0.506 e. The van der Waals surface area contributed by atoms with Crippen molar-refractivity contribution < 1.29 is 19.8 Å². The Morgan fingerprint density at radius 3 is 2.78 bits per heavy atom. The maximum absolute atomic E-state index is 12.5. The lowest BCUT2D eigenvalue weighted by Crippen LogP contribution is -2.18. The number of nitrogens with zero attached hydrogens (tertiary/aromatic N) is 1. The molecule has 23 heavy (non-hydrogen) atoms. The highest BCUT2D eigenvalue weighted by atomic mass is 35.5. The summed E-state index contributed by atoms with van der Waals surface area (Å²) in [5.41, 5.74) is 2.66. The zero-order valence-electron chi connectivity index (χ0n) is 12.1. The highest BCUT2D eigenvalue weighted by molar-refractivity contribution is 7.08. The molecule has 1 aromatic heterocycles. The number of allylic oxidation sites excluding steroid dienone is 4. The third-order valence-corrected chi connectivity index (χ3v) is 4.82. The first-order chi connectivity index (χ1) is 10.9. The number of aliphatic carboxylic acids is 1. The van der Waals surface area contributed by atoms with Crippen LogP contribution in [0.4, 0.5) is 0 Å². The van der Waals surface area contributed by atoms with Gasteiger partial charge in [-0.3, -0.25) is 14.6 Å². The number of Topliss-reactive ketones (excluding diaryl/α,β-unsaturated/α-hetero) is 1. The number of carbonyl (C=O) groups is 2. The summed E-state index contributed by atoms with van der Waals surface area (Å²) < 4.78 is 0. The molecule has 0 saturated heterocycles. The smallest absolute Gasteiger partial charge is 0.307 e. The van der Waals surface area contributed by atoms with Crippen LogP contribution in [0.3, 0.4) is 0 Å². The van der Waals surface area contributed by atoms with E-state index in [-0.39, 0.29) is 35.0 Å². The van der Waals surface area contributed by atoms with Gasteiger partial charge in [0.05, 0.1) is 17.2 Å². The van der Waals surface area contributed by atoms with Gasteiger partial charge in [0.1, 0.15) is 5.76 Å². The number of ketones is 1. The fourth-order valence-corrected chi connectivity index (χ4v) is 3.67. The predicted molar refractivity (Wildman–Crippen MR) is 88.2 cm³/mol. The predicted octanol–water partition coefficient (Wildman–Crippen LogP) is 3.84. The van der Waals surface area contributed by atoms with Crippen LogP contribution in [0.2, 0.25) is 0 Å². The molecular weight excluding hydrogens is 338 g/mol. The maximum atomic E-state index is 12.5. The van der Waals surface area contributed by atoms with Crippen molar-refractivity contribution in [1.82, 2.24) is 0 Å². The molecule has 7 heteroatoms. The molecule has 0 aromatic carbocycles. The number of hydrogen-bond acceptors (Lipinski definition) is 5. The van der Waals surface area contributed by atoms with Gasteiger partial charge in [0.15, 0.2) is 5.78 Å². The zero-order chi connectivity index (χ0) is 16.7. The number of carboxylic acids is 1. The first kappa shape index (κ1) is 15.7. The Kier molecular flexibility index (Phi) is 3.95. The molecule has 0 bridgehead atoms. The summed E-state index contributed by atoms with van der Waals surface area (Å²) in [5, 5.41) is 22.8. The Bertz CT molecular complexity index is 843. The summed E-state index contributed by atoms with van der Waals surface area (Å²) in [6, 6.07) is 1.68. The average Bonchev–Trinajstić information content (AvgIpc) is 3.11. The molecule has 2 N–H and O–H groups in total. The van der Waals surface area contributed by atoms with Crippen molar-refractivity contribution in [2.45, 2.75) is 19.8 Å². The third kappa shape index (κ3) is 2.64. The molecule has 1 aliphatic carbocycles. The minimum absolute atomic E-state index is 0.0123. The highest BCUT2D eigenvalue weighted by Gasteiger charge is 2.35. The number of carboxylic acid groups (broad SMARTS) is 1. The number of rotatable bonds is 4. The second-order valence-corrected chi connectivity index (χ2v) is 6.39. The Morgan fingerprint density at radius 1 is 1.43 bits per heavy atom. The van der Waals surface area contributed by atoms with Crippen molar-refractivity contribution >= 4 is 40.4 Å². The Balaban J connectivity index is 2.05. The quantitative estimate of drug-likeness (QED) is 0.808. The number of aliphatic hydroxyl groups excluding tert-OH is 1. The largest absolute Gasteiger partial charge is 0.506 e. The maximum Gasteiger partial charge on any atom is 0.307 e. The summed E-state index contributed by atoms with van der Waals surface area (Å²) in [7, 11) is 0. The topological polar surface area (TPSA) is 87.0 Å². The molecule has 0 unspecified atom stereocenters. The number of thiophene rings is 1. The Labute approximate surface area is 140 Å². The lowest BCUT2D eigenvalue weighted by molar-refractivity contribution is -0.136. The second-order valence-electron chi connectivity index (χ2n) is 5.23. The molecule has 118 valence electrons. The van der Waals surface area contributed by atoms with Gasteiger partial charge in [-0.25, -0.2) is 0 Å². The molecule has 0 amide bonds. The molecule has 3 rings (SSSR count). The number of halogens is 1. The molecule has 0 spiro atoms. The van der Waals surface area contributed by atoms with Gasteiger partial charge in [-0.05, 0) is 23.9 Å². The van der Waals surface area contributed by atoms with Gasteiger partial charge in [-0.2, -0.15) is 11.3 Å². The van der Waals surface area contributed by atoms with Crippen molar-refractivity contribution in [3.63, 3.8) is 0 Å². The fraction of sp³-hybridized carbons (Fsp3) is 0.188. The van der Waals surface area contributed by atoms with E-state index in [1.54, 1.807) is 23.8 Å². The second kappa shape index (κ2) is 5.79. The number of aliphatic hydroxyl groups is 1. The SMILES string of the molecule is CC1=C(CC(=O)O)C2=C(Cl)C(O)=C(C(=O)c3ccsc3)CC2=N1. The van der Waals surface area contributed by atoms with E-state index in [0.29, 0.717) is 28.1 Å². The normalized spacial score (nSPS) is 17.6. The van der Waals surface area contributed by atoms with Gasteiger partial charge in [0.25, 0.3) is 0 Å². The van der Waals surface area contributed by atoms with Crippen LogP contribution < -0.4 is 0 Å². The zero-order valence-corrected chi connectivity index (χ0v) is 13.7. The molecule has 0 atom stereocenters. The van der Waals surface area contributed by atoms with E-state index in [1.165, 1.54) is 11.3 Å². The molecule has 1 aliphatic heterocycles. The number of carbonyl (C=O) groups excluding carboxylic acids is 1. The van der Waals surface area contributed by atoms with Crippen molar-refractivity contribution in [2.24, 2.45) is 4.99 Å². The van der Waals surface area contributed by atoms with Crippen LogP contribution in [0.15, 0.2) is 55.0 Å². The van der Waals surface area contributed by atoms with E-state index >= 15 is 0 Å². The van der Waals surface area contributed by atoms with Crippen LogP contribution in [-0.4, -0.2) is 27.7 Å². The molecule has 0 saturated carbocycles. The van der Waals surface area contributed by atoms with Gasteiger partial charge in [0.2, 0.25) is 0 Å². The van der Waals surface area contributed by atoms with Crippen molar-refractivity contribution in [1.29, 1.82) is 0 Å². The van der Waals surface area contributed by atoms with E-state index in [1.807, 2.05) is 0 Å². The van der Waals surface area contributed by atoms with Gasteiger partial charge in [-0.15, -0.1) is 0 Å². The third-order valence-electron chi connectivity index (χ3n) is 3.77. The van der Waals surface area contributed by atoms with Gasteiger partial charge < -0.3 is 10.2 Å². The summed E-state index contributed by atoms with van der Waals surface area (Å²) in [5.74, 6) is -1.60. The van der Waals surface area contributed by atoms with Crippen LogP contribution in [0.25, 0.3) is 0 Å². The van der Waals surface area contributed by atoms with Gasteiger partial charge >= 0.3 is 5.97 Å². The molecule has 2 heterocycles. The summed E-state index contributed by atoms with van der Waals surface area (Å²) >= 11 is 7.61. The summed E-state index contributed by atoms with van der Waals surface area (Å²) in [4.78, 5) is 27.8. The number of hydrogen-bond donors (Lipinski definition) is 2. The van der Waals surface area contributed by atoms with E-state index < -0.39 is 5.97 Å². The van der Waals surface area contributed by atoms with Crippen LogP contribution in [0, 0.1) is 0 Å². The Morgan fingerprint density at radius 2 is 2.17 bits per heavy atom. The van der Waals surface area contributed by atoms with Crippen molar-refractivity contribution in [3.05, 3.63) is 55.6 Å². The highest BCUT2D eigenvalue weighted by Crippen LogP contribution is 2.41. The first-order valence-corrected chi connectivity index (χ1v) is 8.11. The monoisotopic (exact) mass is 349 g/mol. The van der Waals surface area contributed by atoms with Crippen LogP contribution in [0.5, 0.6) is 0 Å². The van der Waals surface area contributed by atoms with E-state index in [4.69, 9.17) is 16.7 Å². The van der Waals surface area contributed by atoms with Crippen LogP contribution in [-0.2, 0) is 4.79 Å². The number of aliphatic imine (C=N–C) groups is 1. The van der Waals surface area contributed by atoms with E-state index in [9.17, 15) is 14.7 Å². The number of fused-ring (bicyclic) bond motifs is 1. The Hall–Kier alpha value is -2.18. The van der Waals surface area contributed by atoms with Crippen molar-refractivity contribution in [3.8, 4) is 0 Å². The molecule has 0 fully saturated rings. The minimum atomic E-state index is -1.00. The van der Waals surface area contributed by atoms with E-state index in [0.717, 1.165) is 0 Å². The molecule has 1 aromatic rings. The van der Waals surface area contributed by atoms with Crippen molar-refractivity contribution in [2.75, 3.05) is 0 Å². The fourth-order valence-electron chi connectivity index (χ4n) is 2.69. The van der Waals surface area contributed by atoms with Crippen LogP contribution in [0.1, 0.15) is 30.1 Å². The summed E-state index contributed by atoms with van der Waals surface area (Å²) in [6.07, 6.45) is -0.0992. The lowest BCUT2D eigenvalue weighted by atomic mass is 9.87. The average molecular weight is 350 g/mol. The molecular formula is C16H12ClNO4S. The first-order valence-electron chi connectivity index (χ1n) is 6.79. The molecule has 0 radical (unpaired) electrons. The summed E-state index contributed by atoms with van der Waals surface area (Å²) in [6.45, 7) is 1.69. The van der Waals surface area contributed by atoms with E-state index in [2.05, 4.69) is 4.99 Å².